The molecule has 1 aromatic heterocycles. The molecule has 0 fully saturated rings. The molecule has 0 amide bonds. The van der Waals surface area contributed by atoms with Crippen LogP contribution in [0.15, 0.2) is 41.8 Å². The van der Waals surface area contributed by atoms with E-state index >= 15 is 0 Å². The highest BCUT2D eigenvalue weighted by atomic mass is 32.2. The van der Waals surface area contributed by atoms with Gasteiger partial charge in [-0.2, -0.15) is 0 Å². The average molecular weight is 292 g/mol. The zero-order valence-electron chi connectivity index (χ0n) is 11.2. The molecular weight excluding hydrogens is 276 g/mol. The summed E-state index contributed by atoms with van der Waals surface area (Å²) in [6.45, 7) is 2.48. The molecule has 6 heteroatoms. The molecule has 0 saturated heterocycles. The first-order chi connectivity index (χ1) is 9.58. The first-order valence-electron chi connectivity index (χ1n) is 6.26. The van der Waals surface area contributed by atoms with E-state index in [1.807, 2.05) is 10.8 Å². The molecule has 5 nitrogen and oxygen atoms in total. The summed E-state index contributed by atoms with van der Waals surface area (Å²) in [5.74, 6) is -0.486. The van der Waals surface area contributed by atoms with Crippen molar-refractivity contribution in [3.8, 4) is 0 Å². The lowest BCUT2D eigenvalue weighted by molar-refractivity contribution is 0.0696. The van der Waals surface area contributed by atoms with Gasteiger partial charge in [-0.25, -0.2) is 9.78 Å². The summed E-state index contributed by atoms with van der Waals surface area (Å²) in [5.41, 5.74) is 0.891. The Balaban J connectivity index is 1.98. The number of aromatic nitrogens is 2. The number of aryl methyl sites for hydroxylation is 2. The van der Waals surface area contributed by atoms with Gasteiger partial charge in [-0.1, -0.05) is 6.07 Å². The molecule has 20 heavy (non-hydrogen) atoms. The number of aromatic carboxylic acids is 1. The van der Waals surface area contributed by atoms with Crippen LogP contribution in [0.5, 0.6) is 0 Å². The molecule has 1 atom stereocenters. The minimum atomic E-state index is -1.18. The number of hydrogen-bond acceptors (Lipinski definition) is 3. The van der Waals surface area contributed by atoms with E-state index in [1.165, 1.54) is 6.07 Å². The van der Waals surface area contributed by atoms with Crippen molar-refractivity contribution in [2.45, 2.75) is 24.8 Å². The molecule has 0 aliphatic heterocycles. The Labute approximate surface area is 119 Å². The van der Waals surface area contributed by atoms with E-state index in [0.717, 1.165) is 13.0 Å². The van der Waals surface area contributed by atoms with Crippen LogP contribution < -0.4 is 0 Å². The van der Waals surface area contributed by atoms with Crippen LogP contribution in [-0.4, -0.2) is 30.6 Å². The van der Waals surface area contributed by atoms with Crippen LogP contribution in [0.25, 0.3) is 0 Å². The van der Waals surface area contributed by atoms with Crippen LogP contribution >= 0.6 is 0 Å². The number of nitrogens with zero attached hydrogens (tertiary/aromatic N) is 2. The number of benzene rings is 1. The number of hydrogen-bond donors (Lipinski definition) is 1. The van der Waals surface area contributed by atoms with E-state index < -0.39 is 16.8 Å². The van der Waals surface area contributed by atoms with Gasteiger partial charge in [-0.15, -0.1) is 0 Å². The molecule has 1 aromatic carbocycles. The number of carbonyl (C=O) groups is 1. The molecule has 1 unspecified atom stereocenters. The third-order valence-electron chi connectivity index (χ3n) is 3.01. The average Bonchev–Trinajstić information content (AvgIpc) is 2.92. The molecule has 0 bridgehead atoms. The van der Waals surface area contributed by atoms with Crippen LogP contribution in [0.2, 0.25) is 0 Å². The summed E-state index contributed by atoms with van der Waals surface area (Å²) in [4.78, 5) is 15.6. The lowest BCUT2D eigenvalue weighted by atomic mass is 10.1. The van der Waals surface area contributed by atoms with Crippen molar-refractivity contribution in [1.29, 1.82) is 0 Å². The second-order valence-corrected chi connectivity index (χ2v) is 6.06. The number of carboxylic acids is 1. The van der Waals surface area contributed by atoms with Gasteiger partial charge < -0.3 is 9.67 Å². The van der Waals surface area contributed by atoms with Gasteiger partial charge in [0.15, 0.2) is 0 Å². The molecule has 1 heterocycles. The summed E-state index contributed by atoms with van der Waals surface area (Å²) in [6, 6.07) is 4.94. The Morgan fingerprint density at radius 1 is 1.45 bits per heavy atom. The fourth-order valence-corrected chi connectivity index (χ4v) is 2.98. The largest absolute Gasteiger partial charge is 0.478 e. The quantitative estimate of drug-likeness (QED) is 0.885. The van der Waals surface area contributed by atoms with Crippen molar-refractivity contribution in [2.75, 3.05) is 5.75 Å². The van der Waals surface area contributed by atoms with Gasteiger partial charge in [-0.05, 0) is 31.0 Å². The van der Waals surface area contributed by atoms with Crippen molar-refractivity contribution in [1.82, 2.24) is 9.55 Å². The summed E-state index contributed by atoms with van der Waals surface area (Å²) in [7, 11) is -1.18. The second-order valence-electron chi connectivity index (χ2n) is 4.49. The van der Waals surface area contributed by atoms with Crippen LogP contribution in [0.3, 0.4) is 0 Å². The van der Waals surface area contributed by atoms with E-state index in [-0.39, 0.29) is 5.56 Å². The highest BCUT2D eigenvalue weighted by Gasteiger charge is 2.11. The zero-order valence-corrected chi connectivity index (χ0v) is 12.0. The predicted octanol–water partition coefficient (Wildman–Crippen LogP) is 2.09. The molecule has 0 spiro atoms. The van der Waals surface area contributed by atoms with Crippen LogP contribution in [0.1, 0.15) is 22.3 Å². The molecule has 0 radical (unpaired) electrons. The monoisotopic (exact) mass is 292 g/mol. The Morgan fingerprint density at radius 3 is 2.90 bits per heavy atom. The van der Waals surface area contributed by atoms with Crippen molar-refractivity contribution >= 4 is 16.8 Å². The summed E-state index contributed by atoms with van der Waals surface area (Å²) < 4.78 is 14.1. The van der Waals surface area contributed by atoms with Gasteiger partial charge in [-0.3, -0.25) is 4.21 Å². The molecule has 0 saturated carbocycles. The van der Waals surface area contributed by atoms with Gasteiger partial charge in [0.1, 0.15) is 0 Å². The third kappa shape index (κ3) is 3.54. The maximum atomic E-state index is 12.2. The molecule has 2 rings (SSSR count). The maximum absolute atomic E-state index is 12.2. The van der Waals surface area contributed by atoms with Crippen LogP contribution in [0.4, 0.5) is 0 Å². The van der Waals surface area contributed by atoms with Gasteiger partial charge in [0.25, 0.3) is 0 Å². The maximum Gasteiger partial charge on any atom is 0.335 e. The third-order valence-corrected chi connectivity index (χ3v) is 4.45. The van der Waals surface area contributed by atoms with E-state index in [2.05, 4.69) is 4.98 Å². The fourth-order valence-electron chi connectivity index (χ4n) is 1.89. The SMILES string of the molecule is Cc1ccc(S(=O)CCCn2ccnc2)cc1C(=O)O. The first-order valence-corrected chi connectivity index (χ1v) is 7.58. The lowest BCUT2D eigenvalue weighted by Crippen LogP contribution is -2.06. The van der Waals surface area contributed by atoms with E-state index in [9.17, 15) is 9.00 Å². The molecule has 1 N–H and O–H groups in total. The van der Waals surface area contributed by atoms with Gasteiger partial charge >= 0.3 is 5.97 Å². The summed E-state index contributed by atoms with van der Waals surface area (Å²) in [6.07, 6.45) is 6.03. The topological polar surface area (TPSA) is 72.2 Å². The first kappa shape index (κ1) is 14.5. The smallest absolute Gasteiger partial charge is 0.335 e. The van der Waals surface area contributed by atoms with Crippen molar-refractivity contribution < 1.29 is 14.1 Å². The van der Waals surface area contributed by atoms with Gasteiger partial charge in [0.05, 0.1) is 22.7 Å². The minimum Gasteiger partial charge on any atom is -0.478 e. The lowest BCUT2D eigenvalue weighted by Gasteiger charge is -2.06. The highest BCUT2D eigenvalue weighted by molar-refractivity contribution is 7.85. The fraction of sp³-hybridized carbons (Fsp3) is 0.286. The highest BCUT2D eigenvalue weighted by Crippen LogP contribution is 2.15. The van der Waals surface area contributed by atoms with E-state index in [4.69, 9.17) is 5.11 Å². The Hall–Kier alpha value is -1.95. The molecule has 2 aromatic rings. The molecular formula is C14H16N2O3S. The Morgan fingerprint density at radius 2 is 2.25 bits per heavy atom. The van der Waals surface area contributed by atoms with Crippen LogP contribution in [0, 0.1) is 6.92 Å². The van der Waals surface area contributed by atoms with Gasteiger partial charge in [0.2, 0.25) is 0 Å². The van der Waals surface area contributed by atoms with Crippen molar-refractivity contribution in [3.05, 3.63) is 48.0 Å². The molecule has 106 valence electrons. The Kier molecular flexibility index (Phi) is 4.68. The van der Waals surface area contributed by atoms with Crippen molar-refractivity contribution in [2.24, 2.45) is 0 Å². The normalized spacial score (nSPS) is 12.2. The zero-order chi connectivity index (χ0) is 14.5. The minimum absolute atomic E-state index is 0.213. The Bertz CT molecular complexity index is 623. The second kappa shape index (κ2) is 6.47. The summed E-state index contributed by atoms with van der Waals surface area (Å²) in [5, 5.41) is 9.06. The standard InChI is InChI=1S/C14H16N2O3S/c1-11-3-4-12(9-13(11)14(17)18)20(19)8-2-6-16-7-5-15-10-16/h3-5,7,9-10H,2,6,8H2,1H3,(H,17,18). The molecule has 0 aliphatic rings. The predicted molar refractivity (Wildman–Crippen MR) is 76.3 cm³/mol. The number of rotatable bonds is 6. The van der Waals surface area contributed by atoms with Crippen LogP contribution in [-0.2, 0) is 17.3 Å². The van der Waals surface area contributed by atoms with Crippen molar-refractivity contribution in [3.63, 3.8) is 0 Å². The summed E-state index contributed by atoms with van der Waals surface area (Å²) >= 11 is 0. The molecule has 0 aliphatic carbocycles. The van der Waals surface area contributed by atoms with E-state index in [1.54, 1.807) is 31.6 Å². The number of carboxylic acid groups (broad SMARTS) is 1. The van der Waals surface area contributed by atoms with E-state index in [0.29, 0.717) is 16.2 Å². The number of imidazole rings is 1. The van der Waals surface area contributed by atoms with Gasteiger partial charge in [0, 0.05) is 29.6 Å².